The number of fused-ring (bicyclic) bond motifs is 2. The number of anilines is 1. The first-order valence-electron chi connectivity index (χ1n) is 11.0. The summed E-state index contributed by atoms with van der Waals surface area (Å²) in [6.07, 6.45) is 2.09. The molecule has 0 spiro atoms. The lowest BCUT2D eigenvalue weighted by molar-refractivity contribution is 0.580. The van der Waals surface area contributed by atoms with Gasteiger partial charge < -0.3 is 5.32 Å². The van der Waals surface area contributed by atoms with Crippen LogP contribution < -0.4 is 15.5 Å². The molecular weight excluding hydrogens is 481 g/mol. The van der Waals surface area contributed by atoms with E-state index in [1.807, 2.05) is 54.6 Å². The fourth-order valence-corrected chi connectivity index (χ4v) is 5.18. The summed E-state index contributed by atoms with van der Waals surface area (Å²) in [5.41, 5.74) is 2.41. The lowest BCUT2D eigenvalue weighted by atomic mass is 10.0. The number of benzene rings is 3. The zero-order chi connectivity index (χ0) is 24.4. The lowest BCUT2D eigenvalue weighted by Crippen LogP contribution is -2.26. The van der Waals surface area contributed by atoms with Crippen molar-refractivity contribution in [2.24, 2.45) is 0 Å². The molecule has 35 heavy (non-hydrogen) atoms. The van der Waals surface area contributed by atoms with Gasteiger partial charge in [-0.2, -0.15) is 9.61 Å². The molecule has 5 rings (SSSR count). The van der Waals surface area contributed by atoms with Gasteiger partial charge in [-0.1, -0.05) is 60.1 Å². The second kappa shape index (κ2) is 9.69. The molecule has 174 valence electrons. The second-order valence-corrected chi connectivity index (χ2v) is 10.2. The van der Waals surface area contributed by atoms with Crippen LogP contribution in [0.5, 0.6) is 0 Å². The van der Waals surface area contributed by atoms with E-state index in [1.165, 1.54) is 0 Å². The zero-order valence-electron chi connectivity index (χ0n) is 18.6. The second-order valence-electron chi connectivity index (χ2n) is 8.03. The van der Waals surface area contributed by atoms with Gasteiger partial charge in [0.1, 0.15) is 13.7 Å². The number of hydrogen-bond donors (Lipinski definition) is 2. The smallest absolute Gasteiger partial charge is 0.240 e. The minimum atomic E-state index is -3.61. The molecule has 2 N–H and O–H groups in total. The molecule has 0 saturated heterocycles. The zero-order valence-corrected chi connectivity index (χ0v) is 20.2. The van der Waals surface area contributed by atoms with Crippen LogP contribution in [0.25, 0.3) is 27.7 Å². The van der Waals surface area contributed by atoms with Crippen molar-refractivity contribution in [2.45, 2.75) is 11.3 Å². The maximum atomic E-state index is 12.7. The van der Waals surface area contributed by atoms with Crippen molar-refractivity contribution in [1.29, 1.82) is 0 Å². The highest BCUT2D eigenvalue weighted by atomic mass is 35.5. The average Bonchev–Trinajstić information content (AvgIpc) is 3.24. The maximum absolute atomic E-state index is 12.7. The average molecular weight is 502 g/mol. The molecule has 10 heteroatoms. The number of rotatable bonds is 8. The van der Waals surface area contributed by atoms with Crippen LogP contribution in [-0.2, 0) is 10.0 Å². The Labute approximate surface area is 209 Å². The van der Waals surface area contributed by atoms with E-state index in [2.05, 4.69) is 20.1 Å². The number of aromatic nitrogens is 3. The van der Waals surface area contributed by atoms with Crippen molar-refractivity contribution in [3.8, 4) is 11.3 Å². The van der Waals surface area contributed by atoms with Crippen LogP contribution >= 0.6 is 11.6 Å². The Bertz CT molecular complexity index is 1640. The Morgan fingerprint density at radius 1 is 0.943 bits per heavy atom. The number of nitrogens with one attached hydrogen (secondary N) is 2. The van der Waals surface area contributed by atoms with Gasteiger partial charge in [0, 0.05) is 35.9 Å². The summed E-state index contributed by atoms with van der Waals surface area (Å²) in [6, 6.07) is 22.1. The van der Waals surface area contributed by atoms with E-state index in [-0.39, 0.29) is 11.4 Å². The molecule has 5 aromatic rings. The van der Waals surface area contributed by atoms with Gasteiger partial charge in [0.25, 0.3) is 0 Å². The predicted octanol–water partition coefficient (Wildman–Crippen LogP) is 3.78. The van der Waals surface area contributed by atoms with Crippen LogP contribution in [0.15, 0.2) is 83.9 Å². The monoisotopic (exact) mass is 501 g/mol. The summed E-state index contributed by atoms with van der Waals surface area (Å²) in [5, 5.41) is 10.1. The molecule has 0 unspecified atom stereocenters. The van der Waals surface area contributed by atoms with Gasteiger partial charge in [0.2, 0.25) is 10.0 Å². The minimum Gasteiger partial charge on any atom is -0.370 e. The van der Waals surface area contributed by atoms with E-state index in [1.54, 1.807) is 28.9 Å². The molecule has 0 amide bonds. The van der Waals surface area contributed by atoms with Gasteiger partial charge in [-0.15, -0.1) is 0 Å². The number of nitrogens with zero attached hydrogens (tertiary/aromatic N) is 3. The van der Waals surface area contributed by atoms with Gasteiger partial charge in [0.15, 0.2) is 5.65 Å². The van der Waals surface area contributed by atoms with Crippen molar-refractivity contribution >= 4 is 57.2 Å². The first kappa shape index (κ1) is 23.4. The molecular formula is C25H21BClN5O2S. The summed E-state index contributed by atoms with van der Waals surface area (Å²) in [5.74, 6) is 0.680. The molecule has 0 aliphatic carbocycles. The van der Waals surface area contributed by atoms with E-state index < -0.39 is 10.0 Å². The minimum absolute atomic E-state index is 0.247. The van der Waals surface area contributed by atoms with Gasteiger partial charge in [0.05, 0.1) is 10.6 Å². The molecule has 2 radical (unpaired) electrons. The molecule has 2 heterocycles. The molecule has 3 aromatic carbocycles. The van der Waals surface area contributed by atoms with Gasteiger partial charge >= 0.3 is 0 Å². The van der Waals surface area contributed by atoms with E-state index in [4.69, 9.17) is 19.4 Å². The summed E-state index contributed by atoms with van der Waals surface area (Å²) >= 11 is 6.37. The Hall–Kier alpha value is -3.40. The van der Waals surface area contributed by atoms with Crippen molar-refractivity contribution in [1.82, 2.24) is 19.3 Å². The molecule has 0 aliphatic rings. The molecule has 0 atom stereocenters. The molecule has 0 bridgehead atoms. The third-order valence-corrected chi connectivity index (χ3v) is 7.42. The summed E-state index contributed by atoms with van der Waals surface area (Å²) < 4.78 is 29.8. The summed E-state index contributed by atoms with van der Waals surface area (Å²) in [7, 11) is 2.45. The highest BCUT2D eigenvalue weighted by molar-refractivity contribution is 7.89. The Balaban J connectivity index is 1.27. The molecule has 7 nitrogen and oxygen atoms in total. The third kappa shape index (κ3) is 4.88. The van der Waals surface area contributed by atoms with Gasteiger partial charge in [-0.05, 0) is 40.9 Å². The Morgan fingerprint density at radius 2 is 1.71 bits per heavy atom. The van der Waals surface area contributed by atoms with E-state index in [9.17, 15) is 8.42 Å². The lowest BCUT2D eigenvalue weighted by Gasteiger charge is -2.12. The van der Waals surface area contributed by atoms with E-state index in [0.717, 1.165) is 16.3 Å². The number of sulfonamides is 1. The quantitative estimate of drug-likeness (QED) is 0.250. The summed E-state index contributed by atoms with van der Waals surface area (Å²) in [4.78, 5) is 4.86. The molecule has 0 saturated carbocycles. The van der Waals surface area contributed by atoms with Gasteiger partial charge in [-0.25, -0.2) is 18.1 Å². The van der Waals surface area contributed by atoms with Crippen LogP contribution in [-0.4, -0.2) is 44.0 Å². The van der Waals surface area contributed by atoms with E-state index >= 15 is 0 Å². The Kier molecular flexibility index (Phi) is 6.47. The Morgan fingerprint density at radius 3 is 2.54 bits per heavy atom. The SMILES string of the molecule is [B]c1cnn2c(NCCCNS(=O)(=O)c3ccc4ccccc4c3)cc(-c3ccccc3Cl)nc12. The van der Waals surface area contributed by atoms with Crippen LogP contribution in [0.3, 0.4) is 0 Å². The van der Waals surface area contributed by atoms with Gasteiger partial charge in [-0.3, -0.25) is 0 Å². The molecule has 0 aliphatic heterocycles. The van der Waals surface area contributed by atoms with Crippen LogP contribution in [0.2, 0.25) is 5.02 Å². The highest BCUT2D eigenvalue weighted by Gasteiger charge is 2.15. The van der Waals surface area contributed by atoms with Crippen molar-refractivity contribution in [2.75, 3.05) is 18.4 Å². The standard InChI is InChI=1S/C25H21BClN5O2S/c26-21-16-29-32-24(15-23(31-25(21)32)20-8-3-4-9-22(20)27)28-12-5-13-30-35(33,34)19-11-10-17-6-1-2-7-18(17)14-19/h1-4,6-11,14-16,28,30H,5,12-13H2. The third-order valence-electron chi connectivity index (χ3n) is 5.63. The predicted molar refractivity (Wildman–Crippen MR) is 141 cm³/mol. The van der Waals surface area contributed by atoms with Crippen LogP contribution in [0.4, 0.5) is 5.82 Å². The molecule has 2 aromatic heterocycles. The fraction of sp³-hybridized carbons (Fsp3) is 0.120. The largest absolute Gasteiger partial charge is 0.370 e. The van der Waals surface area contributed by atoms with E-state index in [0.29, 0.717) is 40.6 Å². The van der Waals surface area contributed by atoms with Crippen molar-refractivity contribution < 1.29 is 8.42 Å². The number of hydrogen-bond acceptors (Lipinski definition) is 5. The van der Waals surface area contributed by atoms with Crippen molar-refractivity contribution in [3.05, 3.63) is 84.0 Å². The van der Waals surface area contributed by atoms with Crippen LogP contribution in [0, 0.1) is 0 Å². The fourth-order valence-electron chi connectivity index (χ4n) is 3.84. The normalized spacial score (nSPS) is 11.8. The topological polar surface area (TPSA) is 88.4 Å². The maximum Gasteiger partial charge on any atom is 0.240 e. The first-order valence-corrected chi connectivity index (χ1v) is 12.9. The molecule has 0 fully saturated rings. The highest BCUT2D eigenvalue weighted by Crippen LogP contribution is 2.28. The first-order chi connectivity index (χ1) is 16.9. The van der Waals surface area contributed by atoms with Crippen LogP contribution in [0.1, 0.15) is 6.42 Å². The summed E-state index contributed by atoms with van der Waals surface area (Å²) in [6.45, 7) is 0.774. The number of halogens is 1. The van der Waals surface area contributed by atoms with Crippen molar-refractivity contribution in [3.63, 3.8) is 0 Å².